The van der Waals surface area contributed by atoms with Crippen molar-refractivity contribution in [3.05, 3.63) is 0 Å². The second-order valence-corrected chi connectivity index (χ2v) is 5.02. The van der Waals surface area contributed by atoms with Gasteiger partial charge in [-0.1, -0.05) is 0 Å². The predicted molar refractivity (Wildman–Crippen MR) is 59.4 cm³/mol. The van der Waals surface area contributed by atoms with Gasteiger partial charge in [0.05, 0.1) is 6.10 Å². The minimum absolute atomic E-state index is 0.223. The van der Waals surface area contributed by atoms with Gasteiger partial charge < -0.3 is 14.9 Å². The van der Waals surface area contributed by atoms with Gasteiger partial charge in [0.2, 0.25) is 0 Å². The lowest BCUT2D eigenvalue weighted by Gasteiger charge is -2.49. The molecule has 0 radical (unpaired) electrons. The minimum atomic E-state index is -0.223. The zero-order chi connectivity index (χ0) is 10.8. The van der Waals surface area contributed by atoms with Crippen LogP contribution in [0.2, 0.25) is 0 Å². The van der Waals surface area contributed by atoms with E-state index in [1.807, 2.05) is 6.92 Å². The maximum absolute atomic E-state index is 9.29. The van der Waals surface area contributed by atoms with E-state index in [-0.39, 0.29) is 6.10 Å². The molecule has 0 bridgehead atoms. The third-order valence-electron chi connectivity index (χ3n) is 3.37. The molecule has 0 spiro atoms. The highest BCUT2D eigenvalue weighted by molar-refractivity contribution is 4.97. The first-order valence-electron chi connectivity index (χ1n) is 5.50. The van der Waals surface area contributed by atoms with E-state index >= 15 is 0 Å². The van der Waals surface area contributed by atoms with Gasteiger partial charge in [-0.15, -0.1) is 0 Å². The van der Waals surface area contributed by atoms with Crippen LogP contribution in [0.1, 0.15) is 26.2 Å². The van der Waals surface area contributed by atoms with Crippen LogP contribution in [0, 0.1) is 0 Å². The van der Waals surface area contributed by atoms with Gasteiger partial charge in [-0.3, -0.25) is 0 Å². The quantitative estimate of drug-likeness (QED) is 0.710. The molecule has 0 saturated heterocycles. The van der Waals surface area contributed by atoms with Gasteiger partial charge in [-0.25, -0.2) is 0 Å². The molecule has 1 saturated carbocycles. The van der Waals surface area contributed by atoms with Crippen molar-refractivity contribution >= 4 is 0 Å². The van der Waals surface area contributed by atoms with E-state index in [0.717, 1.165) is 13.1 Å². The largest absolute Gasteiger partial charge is 0.392 e. The van der Waals surface area contributed by atoms with E-state index in [2.05, 4.69) is 30.9 Å². The fraction of sp³-hybridized carbons (Fsp3) is 1.00. The molecule has 0 aromatic rings. The van der Waals surface area contributed by atoms with E-state index in [0.29, 0.717) is 5.54 Å². The lowest BCUT2D eigenvalue weighted by Crippen LogP contribution is -2.57. The second kappa shape index (κ2) is 4.60. The van der Waals surface area contributed by atoms with Crippen LogP contribution >= 0.6 is 0 Å². The molecule has 84 valence electrons. The third kappa shape index (κ3) is 2.69. The summed E-state index contributed by atoms with van der Waals surface area (Å²) in [5, 5.41) is 9.29. The van der Waals surface area contributed by atoms with E-state index in [1.165, 1.54) is 19.3 Å². The molecule has 0 aromatic carbocycles. The van der Waals surface area contributed by atoms with Gasteiger partial charge >= 0.3 is 0 Å². The Morgan fingerprint density at radius 1 is 1.29 bits per heavy atom. The molecule has 14 heavy (non-hydrogen) atoms. The Hall–Kier alpha value is -0.120. The Morgan fingerprint density at radius 2 is 1.86 bits per heavy atom. The highest BCUT2D eigenvalue weighted by Gasteiger charge is 2.39. The van der Waals surface area contributed by atoms with Crippen LogP contribution in [0.15, 0.2) is 0 Å². The lowest BCUT2D eigenvalue weighted by molar-refractivity contribution is 0.0170. The number of hydrogen-bond acceptors (Lipinski definition) is 3. The van der Waals surface area contributed by atoms with Gasteiger partial charge in [0.1, 0.15) is 0 Å². The van der Waals surface area contributed by atoms with Crippen LogP contribution in [0.5, 0.6) is 0 Å². The summed E-state index contributed by atoms with van der Waals surface area (Å²) in [4.78, 5) is 4.58. The highest BCUT2D eigenvalue weighted by atomic mass is 16.3. The normalized spacial score (nSPS) is 22.5. The van der Waals surface area contributed by atoms with Crippen molar-refractivity contribution in [2.75, 3.05) is 34.2 Å². The summed E-state index contributed by atoms with van der Waals surface area (Å²) in [6, 6.07) is 0. The summed E-state index contributed by atoms with van der Waals surface area (Å²) in [6.07, 6.45) is 3.72. The Balaban J connectivity index is 2.40. The molecule has 3 heteroatoms. The molecular formula is C11H24N2O. The second-order valence-electron chi connectivity index (χ2n) is 5.02. The molecule has 1 atom stereocenters. The summed E-state index contributed by atoms with van der Waals surface area (Å²) in [6.45, 7) is 3.69. The fourth-order valence-corrected chi connectivity index (χ4v) is 2.35. The molecule has 3 nitrogen and oxygen atoms in total. The van der Waals surface area contributed by atoms with E-state index in [4.69, 9.17) is 0 Å². The van der Waals surface area contributed by atoms with Gasteiger partial charge in [-0.05, 0) is 47.3 Å². The lowest BCUT2D eigenvalue weighted by atomic mass is 9.75. The summed E-state index contributed by atoms with van der Waals surface area (Å²) in [5.74, 6) is 0. The summed E-state index contributed by atoms with van der Waals surface area (Å²) in [5.41, 5.74) is 0.379. The Kier molecular flexibility index (Phi) is 3.93. The number of nitrogens with zero attached hydrogens (tertiary/aromatic N) is 2. The van der Waals surface area contributed by atoms with E-state index in [1.54, 1.807) is 0 Å². The summed E-state index contributed by atoms with van der Waals surface area (Å²) < 4.78 is 0. The predicted octanol–water partition coefficient (Wildman–Crippen LogP) is 0.783. The van der Waals surface area contributed by atoms with E-state index < -0.39 is 0 Å². The zero-order valence-electron chi connectivity index (χ0n) is 9.95. The van der Waals surface area contributed by atoms with Crippen LogP contribution in [-0.2, 0) is 0 Å². The van der Waals surface area contributed by atoms with Gasteiger partial charge in [0.15, 0.2) is 0 Å². The topological polar surface area (TPSA) is 26.7 Å². The number of aliphatic hydroxyl groups is 1. The Labute approximate surface area is 87.7 Å². The molecule has 0 heterocycles. The van der Waals surface area contributed by atoms with E-state index in [9.17, 15) is 5.11 Å². The SMILES string of the molecule is CC(O)CN(C)CC1(N(C)C)CCC1. The van der Waals surface area contributed by atoms with Crippen molar-refractivity contribution in [1.29, 1.82) is 0 Å². The molecule has 1 rings (SSSR count). The van der Waals surface area contributed by atoms with Crippen LogP contribution in [0.4, 0.5) is 0 Å². The first kappa shape index (κ1) is 12.0. The zero-order valence-corrected chi connectivity index (χ0v) is 9.95. The average Bonchev–Trinajstić information content (AvgIpc) is 1.94. The van der Waals surface area contributed by atoms with Crippen molar-refractivity contribution in [3.63, 3.8) is 0 Å². The highest BCUT2D eigenvalue weighted by Crippen LogP contribution is 2.36. The minimum Gasteiger partial charge on any atom is -0.392 e. The maximum atomic E-state index is 9.29. The number of aliphatic hydroxyl groups excluding tert-OH is 1. The third-order valence-corrected chi connectivity index (χ3v) is 3.37. The molecule has 0 aromatic heterocycles. The average molecular weight is 200 g/mol. The summed E-state index contributed by atoms with van der Waals surface area (Å²) >= 11 is 0. The number of likely N-dealkylation sites (N-methyl/N-ethyl adjacent to an activating group) is 2. The Morgan fingerprint density at radius 3 is 2.14 bits per heavy atom. The van der Waals surface area contributed by atoms with Gasteiger partial charge in [0.25, 0.3) is 0 Å². The first-order valence-corrected chi connectivity index (χ1v) is 5.50. The van der Waals surface area contributed by atoms with Crippen LogP contribution in [-0.4, -0.2) is 60.8 Å². The molecule has 1 aliphatic carbocycles. The van der Waals surface area contributed by atoms with Crippen molar-refractivity contribution in [3.8, 4) is 0 Å². The number of hydrogen-bond donors (Lipinski definition) is 1. The molecule has 1 N–H and O–H groups in total. The van der Waals surface area contributed by atoms with Crippen molar-refractivity contribution in [2.45, 2.75) is 37.8 Å². The van der Waals surface area contributed by atoms with Crippen molar-refractivity contribution in [2.24, 2.45) is 0 Å². The standard InChI is InChI=1S/C11H24N2O/c1-10(14)8-13(4)9-11(12(2)3)6-5-7-11/h10,14H,5-9H2,1-4H3. The van der Waals surface area contributed by atoms with Crippen molar-refractivity contribution < 1.29 is 5.11 Å². The molecule has 1 aliphatic rings. The first-order chi connectivity index (χ1) is 6.46. The van der Waals surface area contributed by atoms with Crippen LogP contribution < -0.4 is 0 Å². The monoisotopic (exact) mass is 200 g/mol. The smallest absolute Gasteiger partial charge is 0.0638 e. The number of rotatable bonds is 5. The molecule has 0 aliphatic heterocycles. The van der Waals surface area contributed by atoms with Crippen molar-refractivity contribution in [1.82, 2.24) is 9.80 Å². The Bertz CT molecular complexity index is 176. The molecule has 1 unspecified atom stereocenters. The molecular weight excluding hydrogens is 176 g/mol. The van der Waals surface area contributed by atoms with Gasteiger partial charge in [-0.2, -0.15) is 0 Å². The summed E-state index contributed by atoms with van der Waals surface area (Å²) in [7, 11) is 6.42. The van der Waals surface area contributed by atoms with Crippen LogP contribution in [0.3, 0.4) is 0 Å². The van der Waals surface area contributed by atoms with Crippen LogP contribution in [0.25, 0.3) is 0 Å². The molecule has 1 fully saturated rings. The molecule has 0 amide bonds. The van der Waals surface area contributed by atoms with Gasteiger partial charge in [0, 0.05) is 18.6 Å². The maximum Gasteiger partial charge on any atom is 0.0638 e. The fourth-order valence-electron chi connectivity index (χ4n) is 2.35.